The summed E-state index contributed by atoms with van der Waals surface area (Å²) in [4.78, 5) is 24.8. The number of rotatable bonds is 9. The van der Waals surface area contributed by atoms with Crippen LogP contribution in [0, 0.1) is 6.92 Å². The second-order valence-electron chi connectivity index (χ2n) is 6.83. The summed E-state index contributed by atoms with van der Waals surface area (Å²) in [6.45, 7) is 6.10. The molecule has 2 amide bonds. The number of halogens is 2. The molecule has 0 saturated heterocycles. The first-order valence-corrected chi connectivity index (χ1v) is 11.4. The van der Waals surface area contributed by atoms with Crippen molar-refractivity contribution in [2.45, 2.75) is 25.0 Å². The van der Waals surface area contributed by atoms with Crippen molar-refractivity contribution in [3.05, 3.63) is 76.6 Å². The largest absolute Gasteiger partial charge is 0.325 e. The van der Waals surface area contributed by atoms with Crippen LogP contribution in [0.15, 0.2) is 60.3 Å². The molecule has 0 aliphatic rings. The zero-order valence-electron chi connectivity index (χ0n) is 17.3. The van der Waals surface area contributed by atoms with E-state index < -0.39 is 0 Å². The van der Waals surface area contributed by atoms with Gasteiger partial charge in [0, 0.05) is 12.2 Å². The molecule has 7 nitrogen and oxygen atoms in total. The minimum Gasteiger partial charge on any atom is -0.325 e. The topological polar surface area (TPSA) is 88.9 Å². The molecule has 3 aromatic rings. The van der Waals surface area contributed by atoms with E-state index in [0.29, 0.717) is 28.2 Å². The summed E-state index contributed by atoms with van der Waals surface area (Å²) in [5, 5.41) is 15.0. The molecular weight excluding hydrogens is 469 g/mol. The monoisotopic (exact) mass is 489 g/mol. The van der Waals surface area contributed by atoms with Crippen molar-refractivity contribution < 1.29 is 9.59 Å². The SMILES string of the molecule is C=CCn1c(CC(=O)Nc2cccc(Cl)c2Cl)nnc1SCC(=O)Nc1cccc(C)c1. The van der Waals surface area contributed by atoms with Gasteiger partial charge in [0.2, 0.25) is 11.8 Å². The summed E-state index contributed by atoms with van der Waals surface area (Å²) in [5.74, 6) is 0.111. The summed E-state index contributed by atoms with van der Waals surface area (Å²) >= 11 is 13.4. The van der Waals surface area contributed by atoms with Crippen molar-refractivity contribution in [1.82, 2.24) is 14.8 Å². The number of hydrogen-bond acceptors (Lipinski definition) is 5. The van der Waals surface area contributed by atoms with Gasteiger partial charge < -0.3 is 15.2 Å². The number of aryl methyl sites for hydroxylation is 1. The van der Waals surface area contributed by atoms with Gasteiger partial charge in [-0.3, -0.25) is 9.59 Å². The number of nitrogens with zero attached hydrogens (tertiary/aromatic N) is 3. The van der Waals surface area contributed by atoms with Crippen LogP contribution in [0.3, 0.4) is 0 Å². The number of aromatic nitrogens is 3. The Kier molecular flexibility index (Phi) is 8.33. The normalized spacial score (nSPS) is 10.6. The van der Waals surface area contributed by atoms with Crippen molar-refractivity contribution >= 4 is 58.2 Å². The van der Waals surface area contributed by atoms with Gasteiger partial charge in [-0.15, -0.1) is 16.8 Å². The summed E-state index contributed by atoms with van der Waals surface area (Å²) in [7, 11) is 0. The molecule has 0 aliphatic heterocycles. The molecule has 32 heavy (non-hydrogen) atoms. The van der Waals surface area contributed by atoms with E-state index in [4.69, 9.17) is 23.2 Å². The molecule has 2 N–H and O–H groups in total. The van der Waals surface area contributed by atoms with E-state index in [1.54, 1.807) is 28.8 Å². The molecule has 0 saturated carbocycles. The van der Waals surface area contributed by atoms with Crippen molar-refractivity contribution in [2.75, 3.05) is 16.4 Å². The number of thioether (sulfide) groups is 1. The van der Waals surface area contributed by atoms with Gasteiger partial charge >= 0.3 is 0 Å². The van der Waals surface area contributed by atoms with Crippen LogP contribution >= 0.6 is 35.0 Å². The number of amides is 2. The van der Waals surface area contributed by atoms with Crippen LogP contribution in [0.1, 0.15) is 11.4 Å². The number of allylic oxidation sites excluding steroid dienone is 1. The number of anilines is 2. The Morgan fingerprint density at radius 1 is 1.12 bits per heavy atom. The summed E-state index contributed by atoms with van der Waals surface area (Å²) < 4.78 is 1.75. The Labute approximate surface area is 200 Å². The highest BCUT2D eigenvalue weighted by Crippen LogP contribution is 2.29. The van der Waals surface area contributed by atoms with Crippen LogP contribution in [0.4, 0.5) is 11.4 Å². The Morgan fingerprint density at radius 3 is 2.66 bits per heavy atom. The quantitative estimate of drug-likeness (QED) is 0.326. The van der Waals surface area contributed by atoms with Gasteiger partial charge in [-0.2, -0.15) is 0 Å². The highest BCUT2D eigenvalue weighted by molar-refractivity contribution is 7.99. The molecule has 3 rings (SSSR count). The fourth-order valence-corrected chi connectivity index (χ4v) is 3.97. The molecule has 0 spiro atoms. The maximum atomic E-state index is 12.5. The average molecular weight is 490 g/mol. The van der Waals surface area contributed by atoms with E-state index >= 15 is 0 Å². The molecule has 0 aliphatic carbocycles. The van der Waals surface area contributed by atoms with Crippen molar-refractivity contribution in [2.24, 2.45) is 0 Å². The van der Waals surface area contributed by atoms with E-state index in [9.17, 15) is 9.59 Å². The first-order chi connectivity index (χ1) is 15.4. The number of carbonyl (C=O) groups excluding carboxylic acids is 2. The predicted octanol–water partition coefficient (Wildman–Crippen LogP) is 4.99. The standard InChI is InChI=1S/C22H21Cl2N5O2S/c1-3-10-29-18(12-19(30)26-17-9-5-8-16(23)21(17)24)27-28-22(29)32-13-20(31)25-15-7-4-6-14(2)11-15/h3-9,11H,1,10,12-13H2,2H3,(H,25,31)(H,26,30). The first-order valence-electron chi connectivity index (χ1n) is 9.63. The Bertz CT molecular complexity index is 1150. The smallest absolute Gasteiger partial charge is 0.234 e. The highest BCUT2D eigenvalue weighted by atomic mass is 35.5. The summed E-state index contributed by atoms with van der Waals surface area (Å²) in [6, 6.07) is 12.6. The zero-order chi connectivity index (χ0) is 23.1. The second-order valence-corrected chi connectivity index (χ2v) is 8.56. The fourth-order valence-electron chi connectivity index (χ4n) is 2.86. The van der Waals surface area contributed by atoms with E-state index in [-0.39, 0.29) is 29.0 Å². The average Bonchev–Trinajstić information content (AvgIpc) is 3.11. The molecule has 10 heteroatoms. The predicted molar refractivity (Wildman–Crippen MR) is 130 cm³/mol. The van der Waals surface area contributed by atoms with Gasteiger partial charge in [0.25, 0.3) is 0 Å². The van der Waals surface area contributed by atoms with Gasteiger partial charge in [0.15, 0.2) is 5.16 Å². The van der Waals surface area contributed by atoms with Crippen LogP contribution < -0.4 is 10.6 Å². The van der Waals surface area contributed by atoms with Gasteiger partial charge in [-0.1, -0.05) is 59.2 Å². The molecule has 2 aromatic carbocycles. The number of hydrogen-bond donors (Lipinski definition) is 2. The lowest BCUT2D eigenvalue weighted by Crippen LogP contribution is -2.18. The van der Waals surface area contributed by atoms with E-state index in [1.165, 1.54) is 11.8 Å². The molecule has 0 atom stereocenters. The molecular formula is C22H21Cl2N5O2S. The minimum atomic E-state index is -0.319. The summed E-state index contributed by atoms with van der Waals surface area (Å²) in [5.41, 5.74) is 2.21. The van der Waals surface area contributed by atoms with Crippen LogP contribution in [-0.4, -0.2) is 32.3 Å². The third-order valence-electron chi connectivity index (χ3n) is 4.28. The lowest BCUT2D eigenvalue weighted by molar-refractivity contribution is -0.116. The van der Waals surface area contributed by atoms with E-state index in [2.05, 4.69) is 27.4 Å². The molecule has 1 aromatic heterocycles. The molecule has 0 unspecified atom stereocenters. The third kappa shape index (κ3) is 6.35. The summed E-state index contributed by atoms with van der Waals surface area (Å²) in [6.07, 6.45) is 1.65. The van der Waals surface area contributed by atoms with Crippen molar-refractivity contribution in [3.63, 3.8) is 0 Å². The molecule has 0 radical (unpaired) electrons. The van der Waals surface area contributed by atoms with Crippen LogP contribution in [0.25, 0.3) is 0 Å². The lowest BCUT2D eigenvalue weighted by Gasteiger charge is -2.10. The van der Waals surface area contributed by atoms with E-state index in [0.717, 1.165) is 11.3 Å². The number of carbonyl (C=O) groups is 2. The second kappa shape index (κ2) is 11.2. The van der Waals surface area contributed by atoms with Crippen molar-refractivity contribution in [1.29, 1.82) is 0 Å². The van der Waals surface area contributed by atoms with Crippen LogP contribution in [-0.2, 0) is 22.6 Å². The fraction of sp³-hybridized carbons (Fsp3) is 0.182. The number of benzene rings is 2. The number of nitrogens with one attached hydrogen (secondary N) is 2. The highest BCUT2D eigenvalue weighted by Gasteiger charge is 2.17. The lowest BCUT2D eigenvalue weighted by atomic mass is 10.2. The van der Waals surface area contributed by atoms with Gasteiger partial charge in [-0.05, 0) is 36.8 Å². The first kappa shape index (κ1) is 23.8. The third-order valence-corrected chi connectivity index (χ3v) is 6.07. The Hall–Kier alpha value is -2.81. The molecule has 166 valence electrons. The van der Waals surface area contributed by atoms with Gasteiger partial charge in [-0.25, -0.2) is 0 Å². The Morgan fingerprint density at radius 2 is 1.91 bits per heavy atom. The van der Waals surface area contributed by atoms with Crippen molar-refractivity contribution in [3.8, 4) is 0 Å². The van der Waals surface area contributed by atoms with Crippen LogP contribution in [0.2, 0.25) is 10.0 Å². The Balaban J connectivity index is 1.64. The molecule has 0 fully saturated rings. The molecule has 1 heterocycles. The van der Waals surface area contributed by atoms with Crippen LogP contribution in [0.5, 0.6) is 0 Å². The van der Waals surface area contributed by atoms with Gasteiger partial charge in [0.05, 0.1) is 27.9 Å². The minimum absolute atomic E-state index is 0.0280. The van der Waals surface area contributed by atoms with E-state index in [1.807, 2.05) is 31.2 Å². The van der Waals surface area contributed by atoms with Gasteiger partial charge in [0.1, 0.15) is 5.82 Å². The maximum absolute atomic E-state index is 12.5. The molecule has 0 bridgehead atoms. The zero-order valence-corrected chi connectivity index (χ0v) is 19.6. The maximum Gasteiger partial charge on any atom is 0.234 e.